The fourth-order valence-electron chi connectivity index (χ4n) is 1.58. The molecule has 1 amide bonds. The van der Waals surface area contributed by atoms with Gasteiger partial charge in [-0.2, -0.15) is 0 Å². The molecule has 4 heteroatoms. The second kappa shape index (κ2) is 6.79. The summed E-state index contributed by atoms with van der Waals surface area (Å²) in [5.41, 5.74) is 0. The van der Waals surface area contributed by atoms with Gasteiger partial charge in [0.05, 0.1) is 0 Å². The summed E-state index contributed by atoms with van der Waals surface area (Å²) in [7, 11) is 1.92. The third-order valence-electron chi connectivity index (χ3n) is 2.49. The maximum Gasteiger partial charge on any atom is 0.223 e. The molecule has 1 aliphatic heterocycles. The molecule has 0 bridgehead atoms. The van der Waals surface area contributed by atoms with Crippen molar-refractivity contribution in [1.82, 2.24) is 10.6 Å². The normalized spacial score (nSPS) is 18.1. The molecule has 0 atom stereocenters. The van der Waals surface area contributed by atoms with E-state index < -0.39 is 0 Å². The lowest BCUT2D eigenvalue weighted by Gasteiger charge is -2.21. The SMILES string of the molecule is CNCCCNC(=O)C1CCOCC1. The molecule has 1 aliphatic rings. The van der Waals surface area contributed by atoms with Crippen LogP contribution < -0.4 is 10.6 Å². The Morgan fingerprint density at radius 2 is 2.07 bits per heavy atom. The number of amides is 1. The fraction of sp³-hybridized carbons (Fsp3) is 0.900. The predicted octanol–water partition coefficient (Wildman–Crippen LogP) is 0.139. The van der Waals surface area contributed by atoms with Crippen LogP contribution in [0.15, 0.2) is 0 Å². The summed E-state index contributed by atoms with van der Waals surface area (Å²) in [6.45, 7) is 3.19. The Morgan fingerprint density at radius 3 is 2.71 bits per heavy atom. The largest absolute Gasteiger partial charge is 0.381 e. The van der Waals surface area contributed by atoms with Crippen LogP contribution in [-0.2, 0) is 9.53 Å². The van der Waals surface area contributed by atoms with Gasteiger partial charge in [0, 0.05) is 25.7 Å². The molecule has 4 nitrogen and oxygen atoms in total. The molecule has 0 saturated carbocycles. The van der Waals surface area contributed by atoms with E-state index in [1.807, 2.05) is 7.05 Å². The number of nitrogens with one attached hydrogen (secondary N) is 2. The first-order valence-corrected chi connectivity index (χ1v) is 5.34. The highest BCUT2D eigenvalue weighted by molar-refractivity contribution is 5.78. The van der Waals surface area contributed by atoms with Crippen LogP contribution in [0.2, 0.25) is 0 Å². The van der Waals surface area contributed by atoms with E-state index in [4.69, 9.17) is 4.74 Å². The minimum Gasteiger partial charge on any atom is -0.381 e. The van der Waals surface area contributed by atoms with Crippen molar-refractivity contribution in [2.45, 2.75) is 19.3 Å². The Hall–Kier alpha value is -0.610. The van der Waals surface area contributed by atoms with Gasteiger partial charge in [-0.25, -0.2) is 0 Å². The molecule has 1 rings (SSSR count). The van der Waals surface area contributed by atoms with Crippen molar-refractivity contribution < 1.29 is 9.53 Å². The standard InChI is InChI=1S/C10H20N2O2/c1-11-5-2-6-12-10(13)9-3-7-14-8-4-9/h9,11H,2-8H2,1H3,(H,12,13). The summed E-state index contributed by atoms with van der Waals surface area (Å²) in [4.78, 5) is 11.6. The lowest BCUT2D eigenvalue weighted by atomic mass is 9.99. The molecule has 0 aliphatic carbocycles. The smallest absolute Gasteiger partial charge is 0.223 e. The quantitative estimate of drug-likeness (QED) is 0.621. The number of hydrogen-bond acceptors (Lipinski definition) is 3. The van der Waals surface area contributed by atoms with Gasteiger partial charge >= 0.3 is 0 Å². The van der Waals surface area contributed by atoms with E-state index in [0.717, 1.165) is 45.6 Å². The third kappa shape index (κ3) is 4.07. The molecular formula is C10H20N2O2. The number of ether oxygens (including phenoxy) is 1. The molecule has 14 heavy (non-hydrogen) atoms. The van der Waals surface area contributed by atoms with Gasteiger partial charge in [-0.05, 0) is 32.9 Å². The van der Waals surface area contributed by atoms with Crippen molar-refractivity contribution in [2.24, 2.45) is 5.92 Å². The molecule has 0 radical (unpaired) electrons. The Balaban J connectivity index is 2.07. The molecule has 1 heterocycles. The molecule has 0 aromatic rings. The lowest BCUT2D eigenvalue weighted by Crippen LogP contribution is -2.35. The van der Waals surface area contributed by atoms with Crippen LogP contribution >= 0.6 is 0 Å². The molecule has 82 valence electrons. The molecule has 0 unspecified atom stereocenters. The zero-order chi connectivity index (χ0) is 10.2. The summed E-state index contributed by atoms with van der Waals surface area (Å²) in [6.07, 6.45) is 2.74. The Labute approximate surface area is 85.4 Å². The van der Waals surface area contributed by atoms with Crippen molar-refractivity contribution >= 4 is 5.91 Å². The molecule has 0 spiro atoms. The van der Waals surface area contributed by atoms with E-state index in [1.54, 1.807) is 0 Å². The van der Waals surface area contributed by atoms with Crippen molar-refractivity contribution in [3.63, 3.8) is 0 Å². The van der Waals surface area contributed by atoms with E-state index in [2.05, 4.69) is 10.6 Å². The first-order chi connectivity index (χ1) is 6.84. The summed E-state index contributed by atoms with van der Waals surface area (Å²) >= 11 is 0. The van der Waals surface area contributed by atoms with E-state index in [1.165, 1.54) is 0 Å². The van der Waals surface area contributed by atoms with Crippen LogP contribution in [0.1, 0.15) is 19.3 Å². The first-order valence-electron chi connectivity index (χ1n) is 5.34. The number of carbonyl (C=O) groups is 1. The minimum atomic E-state index is 0.179. The summed E-state index contributed by atoms with van der Waals surface area (Å²) in [6, 6.07) is 0. The zero-order valence-corrected chi connectivity index (χ0v) is 8.84. The van der Waals surface area contributed by atoms with Crippen LogP contribution in [0, 0.1) is 5.92 Å². The Kier molecular flexibility index (Phi) is 5.56. The highest BCUT2D eigenvalue weighted by Gasteiger charge is 2.20. The Morgan fingerprint density at radius 1 is 1.36 bits per heavy atom. The summed E-state index contributed by atoms with van der Waals surface area (Å²) in [5.74, 6) is 0.378. The highest BCUT2D eigenvalue weighted by atomic mass is 16.5. The van der Waals surface area contributed by atoms with Gasteiger partial charge in [0.25, 0.3) is 0 Å². The van der Waals surface area contributed by atoms with E-state index in [9.17, 15) is 4.79 Å². The van der Waals surface area contributed by atoms with E-state index in [0.29, 0.717) is 0 Å². The summed E-state index contributed by atoms with van der Waals surface area (Å²) in [5, 5.41) is 6.00. The number of hydrogen-bond donors (Lipinski definition) is 2. The first kappa shape index (κ1) is 11.5. The maximum atomic E-state index is 11.6. The second-order valence-electron chi connectivity index (χ2n) is 3.63. The van der Waals surface area contributed by atoms with Crippen LogP contribution in [0.3, 0.4) is 0 Å². The number of carbonyl (C=O) groups excluding carboxylic acids is 1. The van der Waals surface area contributed by atoms with Gasteiger partial charge in [-0.15, -0.1) is 0 Å². The monoisotopic (exact) mass is 200 g/mol. The van der Waals surface area contributed by atoms with Crippen LogP contribution in [-0.4, -0.2) is 39.3 Å². The van der Waals surface area contributed by atoms with E-state index in [-0.39, 0.29) is 11.8 Å². The van der Waals surface area contributed by atoms with Gasteiger partial charge in [-0.3, -0.25) is 4.79 Å². The Bertz CT molecular complexity index is 168. The van der Waals surface area contributed by atoms with Crippen molar-refractivity contribution in [2.75, 3.05) is 33.4 Å². The fourth-order valence-corrected chi connectivity index (χ4v) is 1.58. The van der Waals surface area contributed by atoms with Gasteiger partial charge in [0.15, 0.2) is 0 Å². The van der Waals surface area contributed by atoms with Crippen LogP contribution in [0.4, 0.5) is 0 Å². The van der Waals surface area contributed by atoms with Crippen molar-refractivity contribution in [3.05, 3.63) is 0 Å². The lowest BCUT2D eigenvalue weighted by molar-refractivity contribution is -0.127. The molecule has 1 fully saturated rings. The van der Waals surface area contributed by atoms with Crippen molar-refractivity contribution in [1.29, 1.82) is 0 Å². The molecule has 0 aromatic heterocycles. The van der Waals surface area contributed by atoms with Crippen LogP contribution in [0.25, 0.3) is 0 Å². The van der Waals surface area contributed by atoms with E-state index >= 15 is 0 Å². The molecule has 1 saturated heterocycles. The second-order valence-corrected chi connectivity index (χ2v) is 3.63. The van der Waals surface area contributed by atoms with Gasteiger partial charge < -0.3 is 15.4 Å². The maximum absolute atomic E-state index is 11.6. The predicted molar refractivity (Wildman–Crippen MR) is 55.1 cm³/mol. The van der Waals surface area contributed by atoms with Gasteiger partial charge in [0.2, 0.25) is 5.91 Å². The highest BCUT2D eigenvalue weighted by Crippen LogP contribution is 2.14. The molecule has 0 aromatic carbocycles. The topological polar surface area (TPSA) is 50.4 Å². The zero-order valence-electron chi connectivity index (χ0n) is 8.84. The van der Waals surface area contributed by atoms with Gasteiger partial charge in [-0.1, -0.05) is 0 Å². The van der Waals surface area contributed by atoms with Crippen LogP contribution in [0.5, 0.6) is 0 Å². The molecule has 2 N–H and O–H groups in total. The number of rotatable bonds is 5. The van der Waals surface area contributed by atoms with Crippen molar-refractivity contribution in [3.8, 4) is 0 Å². The average molecular weight is 200 g/mol. The van der Waals surface area contributed by atoms with Gasteiger partial charge in [0.1, 0.15) is 0 Å². The summed E-state index contributed by atoms with van der Waals surface area (Å²) < 4.78 is 5.20. The minimum absolute atomic E-state index is 0.179. The average Bonchev–Trinajstić information content (AvgIpc) is 2.25. The molecular weight excluding hydrogens is 180 g/mol. The third-order valence-corrected chi connectivity index (χ3v) is 2.49.